The Bertz CT molecular complexity index is 2390. The fourth-order valence-corrected chi connectivity index (χ4v) is 7.29. The zero-order valence-corrected chi connectivity index (χ0v) is 28.7. The van der Waals surface area contributed by atoms with E-state index in [-0.39, 0.29) is 36.5 Å². The molecule has 0 N–H and O–H groups in total. The average molecular weight is 721 g/mol. The summed E-state index contributed by atoms with van der Waals surface area (Å²) in [7, 11) is -8.87. The number of aryl methyl sites for hydroxylation is 1. The van der Waals surface area contributed by atoms with E-state index in [1.165, 1.54) is 0 Å². The first-order chi connectivity index (χ1) is 23.4. The standard InChI is InChI=1S/C34H32ClN5O7S2/c1-2-37-30-22-27(35)25(23-36)20-29(30)39(15-6-18-48(41,42)43)33(37)10-5-11-34-40(16-7-19-49(44,45)46)31-21-26(12-13-32(31)47-34)38-17-14-24-8-3-4-9-28(24)38/h3-5,8-14,17,20-22H,2,6-7,15-16,18-19H2,1H3,(H-,41,42,43,44,45,46)/p-1. The molecule has 0 fully saturated rings. The van der Waals surface area contributed by atoms with Crippen LogP contribution in [0.1, 0.15) is 31.2 Å². The van der Waals surface area contributed by atoms with Gasteiger partial charge in [0.2, 0.25) is 5.58 Å². The second-order valence-electron chi connectivity index (χ2n) is 11.4. The number of nitrogens with zero attached hydrogens (tertiary/aromatic N) is 5. The lowest BCUT2D eigenvalue weighted by atomic mass is 10.1. The molecule has 15 heteroatoms. The average Bonchev–Trinajstić information content (AvgIpc) is 3.71. The second kappa shape index (κ2) is 13.7. The van der Waals surface area contributed by atoms with Crippen LogP contribution in [0.3, 0.4) is 0 Å². The molecule has 0 bridgehead atoms. The molecular weight excluding hydrogens is 690 g/mol. The quantitative estimate of drug-likeness (QED) is 0.123. The van der Waals surface area contributed by atoms with Gasteiger partial charge >= 0.3 is 5.89 Å². The van der Waals surface area contributed by atoms with E-state index in [0.717, 1.165) is 22.3 Å². The van der Waals surface area contributed by atoms with Crippen molar-refractivity contribution in [3.8, 4) is 11.8 Å². The zero-order valence-electron chi connectivity index (χ0n) is 26.3. The lowest BCUT2D eigenvalue weighted by molar-refractivity contribution is -0.677. The maximum absolute atomic E-state index is 11.4. The molecule has 1 aliphatic heterocycles. The summed E-state index contributed by atoms with van der Waals surface area (Å²) in [6.07, 6.45) is 7.35. The summed E-state index contributed by atoms with van der Waals surface area (Å²) in [5.41, 5.74) is 4.76. The minimum atomic E-state index is -4.44. The first-order valence-corrected chi connectivity index (χ1v) is 19.0. The summed E-state index contributed by atoms with van der Waals surface area (Å²) < 4.78 is 78.5. The van der Waals surface area contributed by atoms with Gasteiger partial charge < -0.3 is 27.9 Å². The van der Waals surface area contributed by atoms with Gasteiger partial charge in [-0.1, -0.05) is 29.8 Å². The summed E-state index contributed by atoms with van der Waals surface area (Å²) in [5.74, 6) is -0.0227. The zero-order chi connectivity index (χ0) is 34.9. The number of halogens is 1. The molecule has 254 valence electrons. The van der Waals surface area contributed by atoms with Crippen molar-refractivity contribution in [2.75, 3.05) is 34.4 Å². The number of nitriles is 1. The van der Waals surface area contributed by atoms with Crippen LogP contribution in [0.25, 0.3) is 33.8 Å². The molecule has 0 saturated carbocycles. The van der Waals surface area contributed by atoms with E-state index in [0.29, 0.717) is 35.0 Å². The predicted octanol–water partition coefficient (Wildman–Crippen LogP) is 5.26. The van der Waals surface area contributed by atoms with Crippen molar-refractivity contribution in [2.45, 2.75) is 26.3 Å². The highest BCUT2D eigenvalue weighted by molar-refractivity contribution is 7.85. The SMILES string of the molecule is CCN1/C(=C\C=C\c2oc3ccc(-n4ccc5ccccc54)cc3[n+]2CCCS(=O)(=O)[O-])N(CCCS(=O)(=O)[O-])c2cc(C#N)c(Cl)cc21. The van der Waals surface area contributed by atoms with Gasteiger partial charge in [-0.15, -0.1) is 0 Å². The maximum Gasteiger partial charge on any atom is 0.374 e. The highest BCUT2D eigenvalue weighted by atomic mass is 35.5. The number of benzene rings is 3. The summed E-state index contributed by atoms with van der Waals surface area (Å²) in [4.78, 5) is 3.79. The van der Waals surface area contributed by atoms with Crippen molar-refractivity contribution in [1.29, 1.82) is 5.26 Å². The van der Waals surface area contributed by atoms with Gasteiger partial charge in [-0.25, -0.2) is 16.8 Å². The van der Waals surface area contributed by atoms with Gasteiger partial charge in [0.25, 0.3) is 5.52 Å². The molecule has 3 aromatic carbocycles. The van der Waals surface area contributed by atoms with Crippen LogP contribution >= 0.6 is 11.6 Å². The smallest absolute Gasteiger partial charge is 0.374 e. The van der Waals surface area contributed by atoms with Gasteiger partial charge in [0.1, 0.15) is 11.9 Å². The largest absolute Gasteiger partial charge is 0.748 e. The molecule has 3 heterocycles. The molecule has 0 unspecified atom stereocenters. The topological polar surface area (TPSA) is 167 Å². The van der Waals surface area contributed by atoms with Gasteiger partial charge in [0.05, 0.1) is 59.5 Å². The fourth-order valence-electron chi connectivity index (χ4n) is 6.13. The Morgan fingerprint density at radius 1 is 0.959 bits per heavy atom. The van der Waals surface area contributed by atoms with E-state index >= 15 is 0 Å². The van der Waals surface area contributed by atoms with Crippen LogP contribution in [-0.2, 0) is 26.8 Å². The number of aromatic nitrogens is 2. The molecule has 0 amide bonds. The predicted molar refractivity (Wildman–Crippen MR) is 185 cm³/mol. The lowest BCUT2D eigenvalue weighted by Crippen LogP contribution is -2.36. The van der Waals surface area contributed by atoms with Gasteiger partial charge in [0, 0.05) is 43.3 Å². The highest BCUT2D eigenvalue weighted by Crippen LogP contribution is 2.44. The number of fused-ring (bicyclic) bond motifs is 3. The van der Waals surface area contributed by atoms with E-state index < -0.39 is 31.7 Å². The molecule has 0 atom stereocenters. The lowest BCUT2D eigenvalue weighted by Gasteiger charge is -2.24. The molecule has 6 rings (SSSR count). The second-order valence-corrected chi connectivity index (χ2v) is 14.9. The molecule has 5 aromatic rings. The summed E-state index contributed by atoms with van der Waals surface area (Å²) >= 11 is 6.38. The Morgan fingerprint density at radius 2 is 1.69 bits per heavy atom. The third-order valence-corrected chi connectivity index (χ3v) is 10.2. The van der Waals surface area contributed by atoms with Crippen molar-refractivity contribution >= 4 is 71.3 Å². The molecule has 0 radical (unpaired) electrons. The van der Waals surface area contributed by atoms with E-state index in [2.05, 4.69) is 6.07 Å². The normalized spacial score (nSPS) is 14.5. The Labute approximate surface area is 288 Å². The van der Waals surface area contributed by atoms with E-state index in [1.807, 2.05) is 80.6 Å². The molecule has 0 saturated heterocycles. The minimum Gasteiger partial charge on any atom is -0.748 e. The number of hydrogen-bond acceptors (Lipinski definition) is 10. The molecule has 2 aromatic heterocycles. The number of hydrogen-bond donors (Lipinski definition) is 0. The van der Waals surface area contributed by atoms with Crippen molar-refractivity contribution in [1.82, 2.24) is 4.57 Å². The molecule has 0 aliphatic carbocycles. The van der Waals surface area contributed by atoms with Gasteiger partial charge in [-0.3, -0.25) is 0 Å². The van der Waals surface area contributed by atoms with Crippen LogP contribution in [0.15, 0.2) is 89.3 Å². The maximum atomic E-state index is 11.4. The number of para-hydroxylation sites is 1. The molecule has 12 nitrogen and oxygen atoms in total. The Hall–Kier alpha value is -4.65. The van der Waals surface area contributed by atoms with Crippen LogP contribution in [0.5, 0.6) is 0 Å². The van der Waals surface area contributed by atoms with Crippen LogP contribution < -0.4 is 14.4 Å². The van der Waals surface area contributed by atoms with Crippen LogP contribution in [0.2, 0.25) is 5.02 Å². The van der Waals surface area contributed by atoms with E-state index in [4.69, 9.17) is 16.0 Å². The van der Waals surface area contributed by atoms with E-state index in [9.17, 15) is 31.2 Å². The third-order valence-electron chi connectivity index (χ3n) is 8.26. The molecule has 0 spiro atoms. The van der Waals surface area contributed by atoms with Gasteiger partial charge in [-0.05, 0) is 67.3 Å². The van der Waals surface area contributed by atoms with Gasteiger partial charge in [-0.2, -0.15) is 9.83 Å². The Morgan fingerprint density at radius 3 is 2.43 bits per heavy atom. The fraction of sp³-hybridized carbons (Fsp3) is 0.235. The first-order valence-electron chi connectivity index (χ1n) is 15.4. The van der Waals surface area contributed by atoms with Crippen LogP contribution in [0, 0.1) is 11.3 Å². The summed E-state index contributed by atoms with van der Waals surface area (Å²) in [6, 6.07) is 21.1. The van der Waals surface area contributed by atoms with Crippen molar-refractivity contribution in [2.24, 2.45) is 0 Å². The number of allylic oxidation sites excluding steroid dienone is 2. The molecule has 49 heavy (non-hydrogen) atoms. The van der Waals surface area contributed by atoms with Crippen LogP contribution in [-0.4, -0.2) is 55.1 Å². The van der Waals surface area contributed by atoms with E-state index in [1.54, 1.807) is 30.4 Å². The van der Waals surface area contributed by atoms with Gasteiger partial charge in [0.15, 0.2) is 6.54 Å². The van der Waals surface area contributed by atoms with Crippen molar-refractivity contribution < 1.29 is 34.9 Å². The Kier molecular flexibility index (Phi) is 9.56. The number of rotatable bonds is 12. The number of oxazole rings is 1. The van der Waals surface area contributed by atoms with Crippen molar-refractivity contribution in [3.63, 3.8) is 0 Å². The summed E-state index contributed by atoms with van der Waals surface area (Å²) in [6.45, 7) is 2.82. The molecular formula is C34H31ClN5O7S2-. The summed E-state index contributed by atoms with van der Waals surface area (Å²) in [5, 5.41) is 11.0. The minimum absolute atomic E-state index is 0.0552. The monoisotopic (exact) mass is 720 g/mol. The number of anilines is 2. The Balaban J connectivity index is 1.40. The van der Waals surface area contributed by atoms with Crippen LogP contribution in [0.4, 0.5) is 11.4 Å². The molecule has 1 aliphatic rings. The van der Waals surface area contributed by atoms with Crippen molar-refractivity contribution in [3.05, 3.63) is 101 Å². The third kappa shape index (κ3) is 7.36. The highest BCUT2D eigenvalue weighted by Gasteiger charge is 2.31. The first kappa shape index (κ1) is 34.2.